The van der Waals surface area contributed by atoms with Gasteiger partial charge in [-0.2, -0.15) is 9.67 Å². The summed E-state index contributed by atoms with van der Waals surface area (Å²) in [6.45, 7) is 4.05. The van der Waals surface area contributed by atoms with E-state index in [0.717, 1.165) is 19.3 Å². The summed E-state index contributed by atoms with van der Waals surface area (Å²) < 4.78 is 12.4. The van der Waals surface area contributed by atoms with Gasteiger partial charge in [0, 0.05) is 11.0 Å². The first kappa shape index (κ1) is 37.1. The van der Waals surface area contributed by atoms with Gasteiger partial charge in [0.2, 0.25) is 0 Å². The van der Waals surface area contributed by atoms with Crippen LogP contribution in [-0.4, -0.2) is 57.4 Å². The van der Waals surface area contributed by atoms with Crippen molar-refractivity contribution in [2.24, 2.45) is 5.41 Å². The van der Waals surface area contributed by atoms with Crippen molar-refractivity contribution in [1.82, 2.24) is 14.8 Å². The predicted molar refractivity (Wildman–Crippen MR) is 186 cm³/mol. The molecule has 1 saturated carbocycles. The number of carbonyl (C=O) groups excluding carboxylic acids is 3. The number of anilines is 1. The number of ether oxygens (including phenoxy) is 2. The van der Waals surface area contributed by atoms with Crippen molar-refractivity contribution >= 4 is 34.9 Å². The monoisotopic (exact) mass is 680 g/mol. The van der Waals surface area contributed by atoms with Crippen molar-refractivity contribution < 1.29 is 29.0 Å². The third-order valence-electron chi connectivity index (χ3n) is 8.94. The highest BCUT2D eigenvalue weighted by Gasteiger charge is 2.53. The molecule has 0 saturated heterocycles. The molecule has 10 nitrogen and oxygen atoms in total. The smallest absolute Gasteiger partial charge is 0.338 e. The van der Waals surface area contributed by atoms with Gasteiger partial charge in [-0.3, -0.25) is 9.59 Å². The molecule has 1 amide bonds. The molecule has 1 unspecified atom stereocenters. The van der Waals surface area contributed by atoms with Crippen LogP contribution in [0, 0.1) is 5.41 Å². The second-order valence-electron chi connectivity index (χ2n) is 12.5. The van der Waals surface area contributed by atoms with Crippen molar-refractivity contribution in [3.8, 4) is 17.4 Å². The molecule has 0 spiro atoms. The minimum atomic E-state index is -1.44. The average Bonchev–Trinajstić information content (AvgIpc) is 3.80. The van der Waals surface area contributed by atoms with Gasteiger partial charge in [0.1, 0.15) is 6.61 Å². The Balaban J connectivity index is 1.45. The van der Waals surface area contributed by atoms with Gasteiger partial charge in [0.15, 0.2) is 17.6 Å². The fraction of sp³-hybridized carbons (Fsp3) is 0.541. The van der Waals surface area contributed by atoms with E-state index in [1.165, 1.54) is 61.8 Å². The molecular weight excluding hydrogens is 632 g/mol. The average molecular weight is 681 g/mol. The Hall–Kier alpha value is -3.76. The maximum atomic E-state index is 14.0. The van der Waals surface area contributed by atoms with Crippen molar-refractivity contribution in [3.63, 3.8) is 0 Å². The molecular formula is C37H49ClN4O6. The number of amides is 1. The zero-order chi connectivity index (χ0) is 34.4. The lowest BCUT2D eigenvalue weighted by Crippen LogP contribution is -2.38. The number of aromatic nitrogens is 3. The minimum absolute atomic E-state index is 0.0706. The zero-order valence-corrected chi connectivity index (χ0v) is 29.0. The van der Waals surface area contributed by atoms with Crippen LogP contribution in [0.3, 0.4) is 0 Å². The Labute approximate surface area is 288 Å². The van der Waals surface area contributed by atoms with Gasteiger partial charge in [-0.25, -0.2) is 4.79 Å². The highest BCUT2D eigenvalue weighted by atomic mass is 35.5. The van der Waals surface area contributed by atoms with E-state index in [0.29, 0.717) is 31.4 Å². The summed E-state index contributed by atoms with van der Waals surface area (Å²) in [6.07, 6.45) is 13.7. The van der Waals surface area contributed by atoms with Crippen LogP contribution in [-0.2, 0) is 14.3 Å². The lowest BCUT2D eigenvalue weighted by atomic mass is 9.92. The number of halogens is 1. The minimum Gasteiger partial charge on any atom is -0.462 e. The number of hydrogen-bond acceptors (Lipinski definition) is 8. The molecule has 2 N–H and O–H groups in total. The van der Waals surface area contributed by atoms with E-state index in [-0.39, 0.29) is 47.1 Å². The van der Waals surface area contributed by atoms with Crippen LogP contribution in [0.5, 0.6) is 6.01 Å². The molecule has 4 rings (SSSR count). The quantitative estimate of drug-likeness (QED) is 0.0620. The van der Waals surface area contributed by atoms with Crippen LogP contribution in [0.2, 0.25) is 5.02 Å². The van der Waals surface area contributed by atoms with Gasteiger partial charge >= 0.3 is 12.0 Å². The van der Waals surface area contributed by atoms with Gasteiger partial charge in [-0.05, 0) is 43.9 Å². The fourth-order valence-corrected chi connectivity index (χ4v) is 5.93. The number of ketones is 1. The first-order valence-corrected chi connectivity index (χ1v) is 17.8. The van der Waals surface area contributed by atoms with E-state index >= 15 is 0 Å². The van der Waals surface area contributed by atoms with E-state index in [4.69, 9.17) is 21.1 Å². The summed E-state index contributed by atoms with van der Waals surface area (Å²) in [5.74, 6) is -1.27. The summed E-state index contributed by atoms with van der Waals surface area (Å²) in [4.78, 5) is 45.4. The number of Topliss-reactive ketones (excluding diaryl/α,β-unsaturated/α-hetero) is 1. The molecule has 2 aromatic carbocycles. The molecule has 260 valence electrons. The number of benzene rings is 2. The van der Waals surface area contributed by atoms with Crippen molar-refractivity contribution in [2.75, 3.05) is 25.1 Å². The van der Waals surface area contributed by atoms with Crippen LogP contribution in [0.1, 0.15) is 114 Å². The molecule has 1 fully saturated rings. The number of esters is 1. The van der Waals surface area contributed by atoms with Gasteiger partial charge < -0.3 is 19.9 Å². The molecule has 1 aromatic heterocycles. The van der Waals surface area contributed by atoms with E-state index in [9.17, 15) is 19.5 Å². The number of carbonyl (C=O) groups is 3. The Morgan fingerprint density at radius 2 is 1.60 bits per heavy atom. The Morgan fingerprint density at radius 3 is 2.23 bits per heavy atom. The first-order valence-electron chi connectivity index (χ1n) is 17.4. The fourth-order valence-electron chi connectivity index (χ4n) is 5.77. The maximum absolute atomic E-state index is 14.0. The third kappa shape index (κ3) is 10.1. The number of aliphatic hydroxyl groups excluding tert-OH is 1. The van der Waals surface area contributed by atoms with Crippen molar-refractivity contribution in [1.29, 1.82) is 0 Å². The van der Waals surface area contributed by atoms with E-state index in [1.807, 2.05) is 37.3 Å². The van der Waals surface area contributed by atoms with Gasteiger partial charge in [-0.15, -0.1) is 5.10 Å². The molecule has 3 aromatic rings. The molecule has 1 aliphatic carbocycles. The molecule has 48 heavy (non-hydrogen) atoms. The standard InChI is InChI=1S/C37H49ClN4O6/c1-3-5-6-7-8-9-10-11-12-16-24-47-35(46)28-19-20-29(38)30(26-28)39-34(45)31(32(44)37(4-2)21-22-37)42-36(48-25-23-43)40-33(41-42)27-17-14-13-15-18-27/h13-15,17-20,26,31,43H,3-12,16,21-25H2,1-2H3,(H,39,45). The number of nitrogens with one attached hydrogen (secondary N) is 1. The molecule has 1 atom stereocenters. The Morgan fingerprint density at radius 1 is 0.938 bits per heavy atom. The van der Waals surface area contributed by atoms with Crippen LogP contribution in [0.25, 0.3) is 11.4 Å². The predicted octanol–water partition coefficient (Wildman–Crippen LogP) is 7.99. The highest BCUT2D eigenvalue weighted by molar-refractivity contribution is 6.34. The number of nitrogens with zero attached hydrogens (tertiary/aromatic N) is 3. The molecule has 1 heterocycles. The largest absolute Gasteiger partial charge is 0.462 e. The number of rotatable bonds is 22. The Bertz CT molecular complexity index is 1490. The maximum Gasteiger partial charge on any atom is 0.338 e. The van der Waals surface area contributed by atoms with Gasteiger partial charge in [-0.1, -0.05) is 114 Å². The van der Waals surface area contributed by atoms with Crippen LogP contribution < -0.4 is 10.1 Å². The molecule has 1 aliphatic rings. The molecule has 11 heteroatoms. The summed E-state index contributed by atoms with van der Waals surface area (Å²) >= 11 is 6.47. The highest BCUT2D eigenvalue weighted by Crippen LogP contribution is 2.52. The van der Waals surface area contributed by atoms with Crippen LogP contribution in [0.4, 0.5) is 5.69 Å². The van der Waals surface area contributed by atoms with Gasteiger partial charge in [0.05, 0.1) is 29.5 Å². The third-order valence-corrected chi connectivity index (χ3v) is 9.27. The summed E-state index contributed by atoms with van der Waals surface area (Å²) in [5, 5.41) is 16.9. The topological polar surface area (TPSA) is 133 Å². The SMILES string of the molecule is CCCCCCCCCCCCOC(=O)c1ccc(Cl)c(NC(=O)C(C(=O)C2(CC)CC2)n2nc(-c3ccccc3)nc2OCCO)c1. The molecule has 0 radical (unpaired) electrons. The van der Waals surface area contributed by atoms with E-state index in [2.05, 4.69) is 22.3 Å². The summed E-state index contributed by atoms with van der Waals surface area (Å²) in [6, 6.07) is 12.1. The van der Waals surface area contributed by atoms with Crippen LogP contribution >= 0.6 is 11.6 Å². The number of aliphatic hydroxyl groups is 1. The van der Waals surface area contributed by atoms with Gasteiger partial charge in [0.25, 0.3) is 5.91 Å². The van der Waals surface area contributed by atoms with E-state index in [1.54, 1.807) is 6.07 Å². The lowest BCUT2D eigenvalue weighted by Gasteiger charge is -2.22. The van der Waals surface area contributed by atoms with Crippen molar-refractivity contribution in [3.05, 3.63) is 59.1 Å². The zero-order valence-electron chi connectivity index (χ0n) is 28.2. The summed E-state index contributed by atoms with van der Waals surface area (Å²) in [5.41, 5.74) is 0.394. The second-order valence-corrected chi connectivity index (χ2v) is 12.9. The first-order chi connectivity index (χ1) is 23.3. The van der Waals surface area contributed by atoms with Crippen LogP contribution in [0.15, 0.2) is 48.5 Å². The Kier molecular flexibility index (Phi) is 14.4. The normalized spacial score (nSPS) is 13.9. The molecule has 0 bridgehead atoms. The van der Waals surface area contributed by atoms with Crippen molar-refractivity contribution in [2.45, 2.75) is 103 Å². The second kappa shape index (κ2) is 18.7. The molecule has 0 aliphatic heterocycles. The number of hydrogen-bond donors (Lipinski definition) is 2. The van der Waals surface area contributed by atoms with E-state index < -0.39 is 23.3 Å². The number of unbranched alkanes of at least 4 members (excludes halogenated alkanes) is 9. The summed E-state index contributed by atoms with van der Waals surface area (Å²) in [7, 11) is 0. The lowest BCUT2D eigenvalue weighted by molar-refractivity contribution is -0.134.